The minimum absolute atomic E-state index is 0.0693. The molecular formula is C26H21N3O3S3. The van der Waals surface area contributed by atoms with Crippen LogP contribution in [0.1, 0.15) is 33.2 Å². The molecule has 1 saturated heterocycles. The van der Waals surface area contributed by atoms with Crippen LogP contribution in [0.2, 0.25) is 0 Å². The summed E-state index contributed by atoms with van der Waals surface area (Å²) in [7, 11) is 0. The topological polar surface area (TPSA) is 83.4 Å². The molecule has 0 bridgehead atoms. The third-order valence-electron chi connectivity index (χ3n) is 5.71. The van der Waals surface area contributed by atoms with Gasteiger partial charge in [0.1, 0.15) is 11.8 Å². The SMILES string of the molecule is Cc1ccc(C)c(/C(O)=C2\C(=O)C(=O)N(c3nnc(SCc4ccccc4)s3)C2c2cccs2)c1. The Morgan fingerprint density at radius 2 is 1.86 bits per heavy atom. The number of nitrogens with zero attached hydrogens (tertiary/aromatic N) is 3. The van der Waals surface area contributed by atoms with E-state index in [4.69, 9.17) is 0 Å². The number of ketones is 1. The van der Waals surface area contributed by atoms with Crippen molar-refractivity contribution in [2.24, 2.45) is 0 Å². The molecule has 0 aliphatic carbocycles. The number of Topliss-reactive ketones (excluding diaryl/α,β-unsaturated/α-hetero) is 1. The predicted molar refractivity (Wildman–Crippen MR) is 141 cm³/mol. The first-order chi connectivity index (χ1) is 16.9. The molecule has 5 rings (SSSR count). The third kappa shape index (κ3) is 4.54. The number of aromatic nitrogens is 2. The Hall–Kier alpha value is -3.27. The summed E-state index contributed by atoms with van der Waals surface area (Å²) in [5.41, 5.74) is 3.53. The standard InChI is InChI=1S/C26H21N3O3S3/c1-15-10-11-16(2)18(13-15)22(30)20-21(19-9-6-12-33-19)29(24(32)23(20)31)25-27-28-26(35-25)34-14-17-7-4-3-5-8-17/h3-13,21,30H,14H2,1-2H3/b22-20+. The number of benzene rings is 2. The van der Waals surface area contributed by atoms with Gasteiger partial charge >= 0.3 is 5.91 Å². The van der Waals surface area contributed by atoms with E-state index in [9.17, 15) is 14.7 Å². The zero-order chi connectivity index (χ0) is 24.5. The van der Waals surface area contributed by atoms with Crippen LogP contribution >= 0.6 is 34.4 Å². The summed E-state index contributed by atoms with van der Waals surface area (Å²) >= 11 is 4.21. The Balaban J connectivity index is 1.54. The van der Waals surface area contributed by atoms with Gasteiger partial charge in [0.05, 0.1) is 5.57 Å². The molecule has 0 saturated carbocycles. The van der Waals surface area contributed by atoms with E-state index in [-0.39, 0.29) is 11.3 Å². The van der Waals surface area contributed by atoms with E-state index in [0.29, 0.717) is 15.0 Å². The van der Waals surface area contributed by atoms with Crippen molar-refractivity contribution in [2.45, 2.75) is 30.0 Å². The second-order valence-electron chi connectivity index (χ2n) is 8.13. The van der Waals surface area contributed by atoms with Gasteiger partial charge in [0.15, 0.2) is 4.34 Å². The van der Waals surface area contributed by atoms with Gasteiger partial charge in [-0.2, -0.15) is 0 Å². The van der Waals surface area contributed by atoms with Crippen molar-refractivity contribution in [1.29, 1.82) is 0 Å². The van der Waals surface area contributed by atoms with Gasteiger partial charge in [-0.05, 0) is 42.5 Å². The predicted octanol–water partition coefficient (Wildman–Crippen LogP) is 6.14. The Morgan fingerprint density at radius 3 is 2.60 bits per heavy atom. The molecular weight excluding hydrogens is 499 g/mol. The number of hydrogen-bond acceptors (Lipinski definition) is 8. The lowest BCUT2D eigenvalue weighted by Gasteiger charge is -2.21. The number of carbonyl (C=O) groups excluding carboxylic acids is 2. The van der Waals surface area contributed by atoms with Crippen LogP contribution in [0.5, 0.6) is 0 Å². The molecule has 1 atom stereocenters. The molecule has 1 unspecified atom stereocenters. The van der Waals surface area contributed by atoms with E-state index in [1.165, 1.54) is 39.3 Å². The summed E-state index contributed by atoms with van der Waals surface area (Å²) in [4.78, 5) is 28.7. The van der Waals surface area contributed by atoms with Gasteiger partial charge in [0.2, 0.25) is 5.13 Å². The molecule has 35 heavy (non-hydrogen) atoms. The van der Waals surface area contributed by atoms with Gasteiger partial charge in [-0.3, -0.25) is 14.5 Å². The second-order valence-corrected chi connectivity index (χ2v) is 11.3. The monoisotopic (exact) mass is 519 g/mol. The fourth-order valence-electron chi connectivity index (χ4n) is 3.96. The molecule has 176 valence electrons. The molecule has 1 fully saturated rings. The zero-order valence-electron chi connectivity index (χ0n) is 19.0. The lowest BCUT2D eigenvalue weighted by atomic mass is 9.96. The number of thioether (sulfide) groups is 1. The van der Waals surface area contributed by atoms with Crippen molar-refractivity contribution in [3.05, 3.63) is 98.7 Å². The Labute approximate surface area is 215 Å². The highest BCUT2D eigenvalue weighted by atomic mass is 32.2. The van der Waals surface area contributed by atoms with Crippen molar-refractivity contribution in [3.8, 4) is 0 Å². The summed E-state index contributed by atoms with van der Waals surface area (Å²) < 4.78 is 0.699. The third-order valence-corrected chi connectivity index (χ3v) is 8.76. The van der Waals surface area contributed by atoms with Crippen LogP contribution in [0.25, 0.3) is 5.76 Å². The summed E-state index contributed by atoms with van der Waals surface area (Å²) in [6.07, 6.45) is 0. The highest BCUT2D eigenvalue weighted by Gasteiger charge is 2.49. The number of rotatable bonds is 6. The van der Waals surface area contributed by atoms with E-state index in [0.717, 1.165) is 27.3 Å². The van der Waals surface area contributed by atoms with Crippen LogP contribution in [-0.4, -0.2) is 27.0 Å². The van der Waals surface area contributed by atoms with Crippen LogP contribution in [0.3, 0.4) is 0 Å². The van der Waals surface area contributed by atoms with Gasteiger partial charge in [0.25, 0.3) is 5.78 Å². The van der Waals surface area contributed by atoms with Crippen LogP contribution < -0.4 is 4.90 Å². The molecule has 2 aromatic heterocycles. The number of aryl methyl sites for hydroxylation is 2. The molecule has 6 nitrogen and oxygen atoms in total. The minimum Gasteiger partial charge on any atom is -0.507 e. The van der Waals surface area contributed by atoms with Gasteiger partial charge in [-0.15, -0.1) is 21.5 Å². The van der Waals surface area contributed by atoms with Crippen molar-refractivity contribution in [2.75, 3.05) is 4.90 Å². The molecule has 9 heteroatoms. The molecule has 0 spiro atoms. The maximum atomic E-state index is 13.3. The van der Waals surface area contributed by atoms with Crippen LogP contribution in [0, 0.1) is 13.8 Å². The normalized spacial score (nSPS) is 17.3. The summed E-state index contributed by atoms with van der Waals surface area (Å²) in [5.74, 6) is -0.898. The minimum atomic E-state index is -0.769. The number of thiophene rings is 1. The molecule has 3 heterocycles. The average Bonchev–Trinajstić information content (AvgIpc) is 3.60. The highest BCUT2D eigenvalue weighted by Crippen LogP contribution is 2.45. The number of hydrogen-bond donors (Lipinski definition) is 1. The maximum absolute atomic E-state index is 13.3. The number of amides is 1. The van der Waals surface area contributed by atoms with E-state index < -0.39 is 17.7 Å². The number of aliphatic hydroxyl groups is 1. The van der Waals surface area contributed by atoms with Gasteiger partial charge in [-0.1, -0.05) is 77.2 Å². The Bertz CT molecular complexity index is 1430. The van der Waals surface area contributed by atoms with Gasteiger partial charge in [-0.25, -0.2) is 0 Å². The molecule has 1 aliphatic heterocycles. The van der Waals surface area contributed by atoms with E-state index in [2.05, 4.69) is 10.2 Å². The second kappa shape index (κ2) is 9.77. The zero-order valence-corrected chi connectivity index (χ0v) is 21.4. The Morgan fingerprint density at radius 1 is 1.06 bits per heavy atom. The molecule has 0 radical (unpaired) electrons. The fourth-order valence-corrected chi connectivity index (χ4v) is 6.61. The smallest absolute Gasteiger partial charge is 0.301 e. The van der Waals surface area contributed by atoms with Crippen molar-refractivity contribution < 1.29 is 14.7 Å². The maximum Gasteiger partial charge on any atom is 0.301 e. The van der Waals surface area contributed by atoms with Crippen LogP contribution in [0.15, 0.2) is 76.0 Å². The Kier molecular flexibility index (Phi) is 6.55. The molecule has 1 N–H and O–H groups in total. The molecule has 1 aliphatic rings. The lowest BCUT2D eigenvalue weighted by molar-refractivity contribution is -0.132. The lowest BCUT2D eigenvalue weighted by Crippen LogP contribution is -2.29. The fraction of sp³-hybridized carbons (Fsp3) is 0.154. The molecule has 4 aromatic rings. The van der Waals surface area contributed by atoms with Crippen molar-refractivity contribution in [3.63, 3.8) is 0 Å². The first kappa shape index (κ1) is 23.5. The van der Waals surface area contributed by atoms with E-state index in [1.54, 1.807) is 0 Å². The molecule has 2 aromatic carbocycles. The van der Waals surface area contributed by atoms with Crippen LogP contribution in [-0.2, 0) is 15.3 Å². The first-order valence-electron chi connectivity index (χ1n) is 10.9. The van der Waals surface area contributed by atoms with Gasteiger partial charge in [0, 0.05) is 16.2 Å². The number of aliphatic hydroxyl groups excluding tert-OH is 1. The highest BCUT2D eigenvalue weighted by molar-refractivity contribution is 8.00. The number of carbonyl (C=O) groups is 2. The first-order valence-corrected chi connectivity index (χ1v) is 13.5. The average molecular weight is 520 g/mol. The van der Waals surface area contributed by atoms with Gasteiger partial charge < -0.3 is 5.11 Å². The largest absolute Gasteiger partial charge is 0.507 e. The van der Waals surface area contributed by atoms with Crippen LogP contribution in [0.4, 0.5) is 5.13 Å². The summed E-state index contributed by atoms with van der Waals surface area (Å²) in [5, 5.41) is 22.0. The van der Waals surface area contributed by atoms with Crippen molar-refractivity contribution in [1.82, 2.24) is 10.2 Å². The van der Waals surface area contributed by atoms with E-state index >= 15 is 0 Å². The molecule has 1 amide bonds. The summed E-state index contributed by atoms with van der Waals surface area (Å²) in [6.45, 7) is 3.78. The quantitative estimate of drug-likeness (QED) is 0.108. The number of anilines is 1. The summed E-state index contributed by atoms with van der Waals surface area (Å²) in [6, 6.07) is 18.6. The van der Waals surface area contributed by atoms with E-state index in [1.807, 2.05) is 79.9 Å². The van der Waals surface area contributed by atoms with Crippen molar-refractivity contribution >= 4 is 57.0 Å².